The average Bonchev–Trinajstić information content (AvgIpc) is 3.94. The van der Waals surface area contributed by atoms with E-state index in [0.29, 0.717) is 10.6 Å². The maximum absolute atomic E-state index is 13.5. The first-order valence-electron chi connectivity index (χ1n) is 16.9. The molecule has 6 amide bonds. The van der Waals surface area contributed by atoms with Gasteiger partial charge in [-0.15, -0.1) is 0 Å². The van der Waals surface area contributed by atoms with Crippen LogP contribution in [0.3, 0.4) is 0 Å². The lowest BCUT2D eigenvalue weighted by Crippen LogP contribution is -2.60. The molecule has 1 unspecified atom stereocenters. The number of alkyl carbamates (subject to hydrolysis) is 1. The number of hydrogen-bond acceptors (Lipinski definition) is 11. The zero-order valence-electron chi connectivity index (χ0n) is 29.8. The van der Waals surface area contributed by atoms with Crippen molar-refractivity contribution in [3.05, 3.63) is 71.8 Å². The number of hydrazine groups is 1. The maximum Gasteiger partial charge on any atom is 0.408 e. The van der Waals surface area contributed by atoms with Gasteiger partial charge < -0.3 is 46.1 Å². The van der Waals surface area contributed by atoms with Gasteiger partial charge in [0.1, 0.15) is 31.3 Å². The number of benzene rings is 2. The SMILES string of the molecule is CC(C)[C@H](NC(=O)C(CCC(=O)O)NC(=O)[C@H](CC(=O)O)NC(=O)OCc1ccccc1)C(=O)NN(CC(=O)O)C(=O)[C@H]1O[C@@H]1C(=O)NCc1ccccc1. The molecule has 20 nitrogen and oxygen atoms in total. The molecule has 1 aliphatic heterocycles. The number of carbonyl (C=O) groups excluding carboxylic acids is 6. The van der Waals surface area contributed by atoms with Crippen molar-refractivity contribution in [2.75, 3.05) is 6.54 Å². The topological polar surface area (TPSA) is 299 Å². The molecule has 0 spiro atoms. The molecule has 3 rings (SSSR count). The van der Waals surface area contributed by atoms with Crippen molar-refractivity contribution in [3.8, 4) is 0 Å². The van der Waals surface area contributed by atoms with Crippen LogP contribution in [0.4, 0.5) is 4.79 Å². The van der Waals surface area contributed by atoms with Crippen molar-refractivity contribution < 1.29 is 67.9 Å². The van der Waals surface area contributed by atoms with E-state index in [1.165, 1.54) is 13.8 Å². The number of carbonyl (C=O) groups is 9. The number of carboxylic acids is 3. The first-order valence-corrected chi connectivity index (χ1v) is 16.9. The van der Waals surface area contributed by atoms with Crippen molar-refractivity contribution >= 4 is 53.5 Å². The molecule has 296 valence electrons. The second-order valence-electron chi connectivity index (χ2n) is 12.6. The monoisotopic (exact) mass is 770 g/mol. The highest BCUT2D eigenvalue weighted by Crippen LogP contribution is 2.24. The van der Waals surface area contributed by atoms with E-state index in [1.807, 2.05) is 0 Å². The molecule has 2 aromatic carbocycles. The molecule has 1 aliphatic rings. The van der Waals surface area contributed by atoms with Crippen LogP contribution in [0.1, 0.15) is 44.2 Å². The van der Waals surface area contributed by atoms with Crippen LogP contribution in [-0.2, 0) is 61.0 Å². The average molecular weight is 771 g/mol. The van der Waals surface area contributed by atoms with E-state index in [0.717, 1.165) is 5.56 Å². The Morgan fingerprint density at radius 3 is 1.89 bits per heavy atom. The van der Waals surface area contributed by atoms with E-state index in [4.69, 9.17) is 9.47 Å². The first kappa shape index (κ1) is 42.8. The van der Waals surface area contributed by atoms with Gasteiger partial charge in [0.05, 0.1) is 6.42 Å². The summed E-state index contributed by atoms with van der Waals surface area (Å²) in [6.07, 6.45) is -6.03. The predicted octanol–water partition coefficient (Wildman–Crippen LogP) is -0.725. The third-order valence-electron chi connectivity index (χ3n) is 7.83. The zero-order chi connectivity index (χ0) is 40.7. The number of rotatable bonds is 20. The molecule has 1 heterocycles. The largest absolute Gasteiger partial charge is 0.481 e. The molecule has 20 heteroatoms. The number of amides is 6. The van der Waals surface area contributed by atoms with Gasteiger partial charge in [-0.3, -0.25) is 43.8 Å². The van der Waals surface area contributed by atoms with Gasteiger partial charge in [0, 0.05) is 13.0 Å². The van der Waals surface area contributed by atoms with Gasteiger partial charge in [0.15, 0.2) is 12.2 Å². The number of epoxide rings is 1. The van der Waals surface area contributed by atoms with Crippen molar-refractivity contribution in [1.82, 2.24) is 31.7 Å². The van der Waals surface area contributed by atoms with E-state index in [-0.39, 0.29) is 13.2 Å². The summed E-state index contributed by atoms with van der Waals surface area (Å²) < 4.78 is 10.2. The minimum atomic E-state index is -1.78. The van der Waals surface area contributed by atoms with Crippen molar-refractivity contribution in [2.24, 2.45) is 5.92 Å². The number of nitrogens with zero attached hydrogens (tertiary/aromatic N) is 1. The number of carboxylic acid groups (broad SMARTS) is 3. The molecule has 55 heavy (non-hydrogen) atoms. The summed E-state index contributed by atoms with van der Waals surface area (Å²) in [6, 6.07) is 12.2. The summed E-state index contributed by atoms with van der Waals surface area (Å²) in [5, 5.41) is 37.7. The summed E-state index contributed by atoms with van der Waals surface area (Å²) in [5.41, 5.74) is 3.47. The lowest BCUT2D eigenvalue weighted by Gasteiger charge is -2.28. The molecule has 0 radical (unpaired) electrons. The molecular weight excluding hydrogens is 728 g/mol. The van der Waals surface area contributed by atoms with Gasteiger partial charge in [-0.05, 0) is 23.5 Å². The Kier molecular flexibility index (Phi) is 16.1. The van der Waals surface area contributed by atoms with Crippen molar-refractivity contribution in [2.45, 2.75) is 76.6 Å². The highest BCUT2D eigenvalue weighted by atomic mass is 16.6. The van der Waals surface area contributed by atoms with Crippen molar-refractivity contribution in [3.63, 3.8) is 0 Å². The van der Waals surface area contributed by atoms with Gasteiger partial charge in [-0.25, -0.2) is 9.80 Å². The fourth-order valence-corrected chi connectivity index (χ4v) is 4.94. The van der Waals surface area contributed by atoms with Crippen LogP contribution >= 0.6 is 0 Å². The lowest BCUT2D eigenvalue weighted by atomic mass is 10.0. The maximum atomic E-state index is 13.5. The summed E-state index contributed by atoms with van der Waals surface area (Å²) in [4.78, 5) is 113. The third kappa shape index (κ3) is 14.4. The molecule has 0 aliphatic carbocycles. The Labute approximate surface area is 313 Å². The first-order chi connectivity index (χ1) is 26.0. The standard InChI is InChI=1S/C35H42N6O14/c1-19(2)27(32(50)40-41(17-26(46)47)34(52)29-28(55-29)33(51)36-16-20-9-5-3-6-10-20)39-30(48)22(13-14-24(42)43)37-31(49)23(15-25(44)45)38-35(53)54-18-21-11-7-4-8-12-21/h3-12,19,22-23,27-29H,13-18H2,1-2H3,(H,36,51)(H,37,49)(H,38,53)(H,39,48)(H,40,50)(H,42,43)(H,44,45)(H,46,47)/t22?,23-,27-,28-,29-/m0/s1. The lowest BCUT2D eigenvalue weighted by molar-refractivity contribution is -0.151. The van der Waals surface area contributed by atoms with Gasteiger partial charge in [0.2, 0.25) is 11.8 Å². The fraction of sp³-hybridized carbons (Fsp3) is 0.400. The van der Waals surface area contributed by atoms with Gasteiger partial charge >= 0.3 is 24.0 Å². The molecule has 0 bridgehead atoms. The smallest absolute Gasteiger partial charge is 0.408 e. The molecule has 1 saturated heterocycles. The normalized spacial score (nSPS) is 15.9. The van der Waals surface area contributed by atoms with E-state index in [1.54, 1.807) is 60.7 Å². The van der Waals surface area contributed by atoms with Gasteiger partial charge in [-0.2, -0.15) is 0 Å². The zero-order valence-corrected chi connectivity index (χ0v) is 29.8. The molecule has 0 saturated carbocycles. The van der Waals surface area contributed by atoms with Crippen LogP contribution in [-0.4, -0.2) is 111 Å². The van der Waals surface area contributed by atoms with E-state index in [9.17, 15) is 58.5 Å². The van der Waals surface area contributed by atoms with Crippen LogP contribution in [0.2, 0.25) is 0 Å². The number of ether oxygens (including phenoxy) is 2. The number of nitrogens with one attached hydrogen (secondary N) is 5. The fourth-order valence-electron chi connectivity index (χ4n) is 4.94. The highest BCUT2D eigenvalue weighted by Gasteiger charge is 2.52. The summed E-state index contributed by atoms with van der Waals surface area (Å²) in [7, 11) is 0. The third-order valence-corrected chi connectivity index (χ3v) is 7.83. The molecule has 8 N–H and O–H groups in total. The molecule has 0 aromatic heterocycles. The Morgan fingerprint density at radius 1 is 0.727 bits per heavy atom. The summed E-state index contributed by atoms with van der Waals surface area (Å²) in [5.74, 6) is -10.3. The molecular formula is C35H42N6O14. The number of aliphatic carboxylic acids is 3. The van der Waals surface area contributed by atoms with Gasteiger partial charge in [0.25, 0.3) is 17.7 Å². The Bertz CT molecular complexity index is 1720. The molecule has 1 fully saturated rings. The van der Waals surface area contributed by atoms with Crippen LogP contribution in [0.15, 0.2) is 60.7 Å². The Hall–Kier alpha value is -6.57. The highest BCUT2D eigenvalue weighted by molar-refractivity contribution is 5.98. The second-order valence-corrected chi connectivity index (χ2v) is 12.6. The Morgan fingerprint density at radius 2 is 1.33 bits per heavy atom. The van der Waals surface area contributed by atoms with Crippen LogP contribution in [0.25, 0.3) is 0 Å². The van der Waals surface area contributed by atoms with Crippen molar-refractivity contribution in [1.29, 1.82) is 0 Å². The molecule has 5 atom stereocenters. The minimum Gasteiger partial charge on any atom is -0.481 e. The van der Waals surface area contributed by atoms with Gasteiger partial charge in [-0.1, -0.05) is 74.5 Å². The predicted molar refractivity (Wildman–Crippen MR) is 186 cm³/mol. The summed E-state index contributed by atoms with van der Waals surface area (Å²) >= 11 is 0. The Balaban J connectivity index is 1.68. The quantitative estimate of drug-likeness (QED) is 0.0609. The van der Waals surface area contributed by atoms with E-state index >= 15 is 0 Å². The van der Waals surface area contributed by atoms with E-state index in [2.05, 4.69) is 26.7 Å². The van der Waals surface area contributed by atoms with Crippen LogP contribution in [0, 0.1) is 5.92 Å². The summed E-state index contributed by atoms with van der Waals surface area (Å²) in [6.45, 7) is 1.79. The van der Waals surface area contributed by atoms with Crippen LogP contribution in [0.5, 0.6) is 0 Å². The molecule has 2 aromatic rings. The van der Waals surface area contributed by atoms with E-state index < -0.39 is 116 Å². The number of hydrogen-bond donors (Lipinski definition) is 8. The minimum absolute atomic E-state index is 0.123. The van der Waals surface area contributed by atoms with Crippen LogP contribution < -0.4 is 26.7 Å². The second kappa shape index (κ2) is 20.6.